The molecule has 2 amide bonds. The molecule has 22 heavy (non-hydrogen) atoms. The zero-order valence-electron chi connectivity index (χ0n) is 13.7. The summed E-state index contributed by atoms with van der Waals surface area (Å²) in [7, 11) is 0. The van der Waals surface area contributed by atoms with Crippen molar-refractivity contribution in [3.05, 3.63) is 0 Å². The molecule has 2 atom stereocenters. The van der Waals surface area contributed by atoms with Gasteiger partial charge in [0.2, 0.25) is 5.91 Å². The number of amides is 2. The van der Waals surface area contributed by atoms with E-state index in [9.17, 15) is 9.59 Å². The van der Waals surface area contributed by atoms with Crippen LogP contribution in [0, 0.1) is 5.92 Å². The van der Waals surface area contributed by atoms with E-state index in [1.165, 1.54) is 0 Å². The van der Waals surface area contributed by atoms with Crippen LogP contribution in [0.5, 0.6) is 0 Å². The Morgan fingerprint density at radius 3 is 2.45 bits per heavy atom. The first-order chi connectivity index (χ1) is 10.3. The molecule has 0 aromatic carbocycles. The van der Waals surface area contributed by atoms with Gasteiger partial charge in [0.1, 0.15) is 11.6 Å². The molecule has 0 aromatic heterocycles. The van der Waals surface area contributed by atoms with Gasteiger partial charge in [0.25, 0.3) is 0 Å². The zero-order valence-corrected chi connectivity index (χ0v) is 13.7. The minimum absolute atomic E-state index is 0.0230. The second-order valence-electron chi connectivity index (χ2n) is 6.92. The number of carbonyl (C=O) groups is 2. The Kier molecular flexibility index (Phi) is 5.28. The lowest BCUT2D eigenvalue weighted by Crippen LogP contribution is -2.51. The van der Waals surface area contributed by atoms with E-state index in [0.717, 1.165) is 0 Å². The molecule has 2 aliphatic rings. The van der Waals surface area contributed by atoms with E-state index in [2.05, 4.69) is 0 Å². The van der Waals surface area contributed by atoms with Crippen LogP contribution in [0.3, 0.4) is 0 Å². The highest BCUT2D eigenvalue weighted by Crippen LogP contribution is 2.26. The summed E-state index contributed by atoms with van der Waals surface area (Å²) in [5.74, 6) is 0.118. The second kappa shape index (κ2) is 6.83. The van der Waals surface area contributed by atoms with Crippen LogP contribution in [-0.4, -0.2) is 72.8 Å². The van der Waals surface area contributed by atoms with Crippen LogP contribution in [0.4, 0.5) is 4.79 Å². The lowest BCUT2D eigenvalue weighted by molar-refractivity contribution is -0.140. The number of carbonyl (C=O) groups excluding carboxylic acids is 2. The van der Waals surface area contributed by atoms with Crippen LogP contribution in [-0.2, 0) is 14.3 Å². The maximum atomic E-state index is 12.7. The summed E-state index contributed by atoms with van der Waals surface area (Å²) in [5, 5.41) is 0. The Morgan fingerprint density at radius 1 is 1.27 bits per heavy atom. The molecule has 0 bridgehead atoms. The molecule has 2 N–H and O–H groups in total. The van der Waals surface area contributed by atoms with Crippen LogP contribution in [0.25, 0.3) is 0 Å². The highest BCUT2D eigenvalue weighted by Gasteiger charge is 2.42. The van der Waals surface area contributed by atoms with Gasteiger partial charge < -0.3 is 20.1 Å². The van der Waals surface area contributed by atoms with Crippen LogP contribution in [0.2, 0.25) is 0 Å². The minimum Gasteiger partial charge on any atom is -0.444 e. The molecule has 0 aliphatic carbocycles. The van der Waals surface area contributed by atoms with Crippen molar-refractivity contribution in [3.63, 3.8) is 0 Å². The Labute approximate surface area is 131 Å². The quantitative estimate of drug-likeness (QED) is 0.799. The third-order valence-electron chi connectivity index (χ3n) is 3.96. The number of ether oxygens (including phenoxy) is 2. The molecule has 2 fully saturated rings. The van der Waals surface area contributed by atoms with Crippen molar-refractivity contribution in [3.8, 4) is 0 Å². The molecule has 0 spiro atoms. The van der Waals surface area contributed by atoms with Crippen LogP contribution in [0.1, 0.15) is 27.2 Å². The SMILES string of the molecule is CC(C)(C)OC(=O)N1C[C@@H](CN)C[C@H]1C(=O)N1CCOCC1. The van der Waals surface area contributed by atoms with Crippen LogP contribution >= 0.6 is 0 Å². The second-order valence-corrected chi connectivity index (χ2v) is 6.92. The van der Waals surface area contributed by atoms with Gasteiger partial charge in [-0.3, -0.25) is 9.69 Å². The summed E-state index contributed by atoms with van der Waals surface area (Å²) in [6.45, 7) is 8.64. The summed E-state index contributed by atoms with van der Waals surface area (Å²) in [5.41, 5.74) is 5.16. The number of hydrogen-bond acceptors (Lipinski definition) is 5. The fourth-order valence-electron chi connectivity index (χ4n) is 2.84. The molecule has 7 nitrogen and oxygen atoms in total. The van der Waals surface area contributed by atoms with E-state index >= 15 is 0 Å². The summed E-state index contributed by atoms with van der Waals surface area (Å²) < 4.78 is 10.7. The number of rotatable bonds is 2. The Balaban J connectivity index is 2.08. The fraction of sp³-hybridized carbons (Fsp3) is 0.867. The lowest BCUT2D eigenvalue weighted by atomic mass is 10.1. The summed E-state index contributed by atoms with van der Waals surface area (Å²) in [6, 6.07) is -0.471. The van der Waals surface area contributed by atoms with E-state index in [1.54, 1.807) is 9.80 Å². The number of likely N-dealkylation sites (tertiary alicyclic amines) is 1. The molecule has 0 aromatic rings. The zero-order chi connectivity index (χ0) is 16.3. The first-order valence-electron chi connectivity index (χ1n) is 7.88. The van der Waals surface area contributed by atoms with E-state index in [4.69, 9.17) is 15.2 Å². The fourth-order valence-corrected chi connectivity index (χ4v) is 2.84. The number of hydrogen-bond donors (Lipinski definition) is 1. The molecule has 2 heterocycles. The molecular weight excluding hydrogens is 286 g/mol. The van der Waals surface area contributed by atoms with Gasteiger partial charge >= 0.3 is 6.09 Å². The molecule has 0 saturated carbocycles. The average Bonchev–Trinajstić information content (AvgIpc) is 2.90. The van der Waals surface area contributed by atoms with Crippen molar-refractivity contribution in [1.29, 1.82) is 0 Å². The van der Waals surface area contributed by atoms with Gasteiger partial charge in [-0.1, -0.05) is 0 Å². The van der Waals surface area contributed by atoms with Crippen molar-refractivity contribution >= 4 is 12.0 Å². The van der Waals surface area contributed by atoms with Crippen LogP contribution < -0.4 is 5.73 Å². The molecule has 7 heteroatoms. The Morgan fingerprint density at radius 2 is 1.91 bits per heavy atom. The van der Waals surface area contributed by atoms with Gasteiger partial charge in [0.05, 0.1) is 13.2 Å². The van der Waals surface area contributed by atoms with Gasteiger partial charge in [-0.2, -0.15) is 0 Å². The number of nitrogens with zero attached hydrogens (tertiary/aromatic N) is 2. The highest BCUT2D eigenvalue weighted by atomic mass is 16.6. The maximum absolute atomic E-state index is 12.7. The Hall–Kier alpha value is -1.34. The van der Waals surface area contributed by atoms with Crippen LogP contribution in [0.15, 0.2) is 0 Å². The summed E-state index contributed by atoms with van der Waals surface area (Å²) >= 11 is 0. The van der Waals surface area contributed by atoms with Gasteiger partial charge in [-0.25, -0.2) is 4.79 Å². The average molecular weight is 313 g/mol. The van der Waals surface area contributed by atoms with Crippen molar-refractivity contribution in [2.75, 3.05) is 39.4 Å². The topological polar surface area (TPSA) is 85.1 Å². The number of nitrogens with two attached hydrogens (primary N) is 1. The minimum atomic E-state index is -0.579. The largest absolute Gasteiger partial charge is 0.444 e. The third-order valence-corrected chi connectivity index (χ3v) is 3.96. The van der Waals surface area contributed by atoms with Gasteiger partial charge in [-0.05, 0) is 39.7 Å². The first kappa shape index (κ1) is 17.0. The molecule has 126 valence electrons. The lowest BCUT2D eigenvalue weighted by Gasteiger charge is -2.33. The molecule has 2 saturated heterocycles. The smallest absolute Gasteiger partial charge is 0.410 e. The van der Waals surface area contributed by atoms with Gasteiger partial charge in [0.15, 0.2) is 0 Å². The van der Waals surface area contributed by atoms with Crippen molar-refractivity contribution in [2.45, 2.75) is 38.8 Å². The van der Waals surface area contributed by atoms with E-state index in [1.807, 2.05) is 20.8 Å². The molecule has 0 radical (unpaired) electrons. The van der Waals surface area contributed by atoms with Crippen molar-refractivity contribution in [1.82, 2.24) is 9.80 Å². The number of morpholine rings is 1. The first-order valence-corrected chi connectivity index (χ1v) is 7.88. The maximum Gasteiger partial charge on any atom is 0.410 e. The monoisotopic (exact) mass is 313 g/mol. The van der Waals surface area contributed by atoms with E-state index < -0.39 is 17.7 Å². The predicted octanol–water partition coefficient (Wildman–Crippen LogP) is 0.430. The predicted molar refractivity (Wildman–Crippen MR) is 81.3 cm³/mol. The van der Waals surface area contributed by atoms with E-state index in [-0.39, 0.29) is 11.8 Å². The molecule has 0 unspecified atom stereocenters. The van der Waals surface area contributed by atoms with Crippen molar-refractivity contribution < 1.29 is 19.1 Å². The summed E-state index contributed by atoms with van der Waals surface area (Å²) in [6.07, 6.45) is 0.168. The van der Waals surface area contributed by atoms with Crippen molar-refractivity contribution in [2.24, 2.45) is 11.7 Å². The van der Waals surface area contributed by atoms with E-state index in [0.29, 0.717) is 45.8 Å². The highest BCUT2D eigenvalue weighted by molar-refractivity contribution is 5.86. The van der Waals surface area contributed by atoms with Gasteiger partial charge in [-0.15, -0.1) is 0 Å². The third kappa shape index (κ3) is 4.10. The molecular formula is C15H27N3O4. The molecule has 2 aliphatic heterocycles. The standard InChI is InChI=1S/C15H27N3O4/c1-15(2,3)22-14(20)18-10-11(9-16)8-12(18)13(19)17-4-6-21-7-5-17/h11-12H,4-10,16H2,1-3H3/t11-,12+/m1/s1. The Bertz CT molecular complexity index is 416. The summed E-state index contributed by atoms with van der Waals surface area (Å²) in [4.78, 5) is 28.4. The normalized spacial score (nSPS) is 26.2. The van der Waals surface area contributed by atoms with Gasteiger partial charge in [0, 0.05) is 19.6 Å². The molecule has 2 rings (SSSR count).